The molecule has 0 saturated heterocycles. The van der Waals surface area contributed by atoms with E-state index in [9.17, 15) is 4.39 Å². The molecule has 106 valence electrons. The van der Waals surface area contributed by atoms with Crippen molar-refractivity contribution in [2.24, 2.45) is 5.73 Å². The summed E-state index contributed by atoms with van der Waals surface area (Å²) < 4.78 is 13.2. The van der Waals surface area contributed by atoms with E-state index in [1.54, 1.807) is 23.9 Å². The summed E-state index contributed by atoms with van der Waals surface area (Å²) in [6.07, 6.45) is 0.668. The highest BCUT2D eigenvalue weighted by molar-refractivity contribution is 7.99. The van der Waals surface area contributed by atoms with E-state index >= 15 is 0 Å². The normalized spacial score (nSPS) is 12.4. The van der Waals surface area contributed by atoms with Gasteiger partial charge in [-0.25, -0.2) is 4.39 Å². The molecule has 0 aliphatic carbocycles. The van der Waals surface area contributed by atoms with E-state index < -0.39 is 0 Å². The predicted molar refractivity (Wildman–Crippen MR) is 85.0 cm³/mol. The van der Waals surface area contributed by atoms with Crippen molar-refractivity contribution in [1.82, 2.24) is 0 Å². The maximum atomic E-state index is 13.2. The first-order valence-electron chi connectivity index (χ1n) is 6.44. The van der Waals surface area contributed by atoms with Gasteiger partial charge in [-0.2, -0.15) is 0 Å². The van der Waals surface area contributed by atoms with Crippen molar-refractivity contribution in [1.29, 1.82) is 0 Å². The highest BCUT2D eigenvalue weighted by Gasteiger charge is 2.09. The molecular formula is C16H17ClFNS. The first-order chi connectivity index (χ1) is 9.56. The van der Waals surface area contributed by atoms with Crippen LogP contribution in [0.5, 0.6) is 0 Å². The minimum Gasteiger partial charge on any atom is -0.327 e. The zero-order chi connectivity index (χ0) is 14.5. The lowest BCUT2D eigenvalue weighted by Crippen LogP contribution is -2.26. The summed E-state index contributed by atoms with van der Waals surface area (Å²) in [5.74, 6) is 0.538. The molecule has 2 aromatic rings. The van der Waals surface area contributed by atoms with Crippen LogP contribution in [-0.4, -0.2) is 11.8 Å². The number of hydrogen-bond donors (Lipinski definition) is 1. The molecule has 20 heavy (non-hydrogen) atoms. The van der Waals surface area contributed by atoms with Gasteiger partial charge in [-0.15, -0.1) is 11.8 Å². The Morgan fingerprint density at radius 2 is 2.00 bits per heavy atom. The molecule has 0 bridgehead atoms. The van der Waals surface area contributed by atoms with Gasteiger partial charge in [-0.05, 0) is 48.7 Å². The third kappa shape index (κ3) is 4.23. The summed E-state index contributed by atoms with van der Waals surface area (Å²) in [5.41, 5.74) is 8.18. The molecule has 0 heterocycles. The molecule has 1 nitrogen and oxygen atoms in total. The fourth-order valence-electron chi connectivity index (χ4n) is 1.96. The Labute approximate surface area is 128 Å². The Hall–Kier alpha value is -1.03. The number of benzene rings is 2. The zero-order valence-electron chi connectivity index (χ0n) is 11.3. The minimum absolute atomic E-state index is 0.0308. The van der Waals surface area contributed by atoms with Gasteiger partial charge in [-0.3, -0.25) is 0 Å². The molecule has 0 radical (unpaired) electrons. The second kappa shape index (κ2) is 7.11. The lowest BCUT2D eigenvalue weighted by Gasteiger charge is -2.13. The van der Waals surface area contributed by atoms with Crippen LogP contribution < -0.4 is 5.73 Å². The summed E-state index contributed by atoms with van der Waals surface area (Å²) in [5, 5.41) is 0.742. The Morgan fingerprint density at radius 3 is 2.75 bits per heavy atom. The molecule has 0 spiro atoms. The SMILES string of the molecule is Cc1ccc(F)cc1CC(N)CSc1ccccc1Cl. The molecule has 0 amide bonds. The maximum absolute atomic E-state index is 13.2. The van der Waals surface area contributed by atoms with E-state index in [2.05, 4.69) is 0 Å². The Balaban J connectivity index is 1.94. The number of halogens is 2. The molecule has 1 unspecified atom stereocenters. The van der Waals surface area contributed by atoms with Crippen molar-refractivity contribution in [2.75, 3.05) is 5.75 Å². The Bertz CT molecular complexity index is 588. The average molecular weight is 310 g/mol. The Morgan fingerprint density at radius 1 is 1.25 bits per heavy atom. The smallest absolute Gasteiger partial charge is 0.123 e. The maximum Gasteiger partial charge on any atom is 0.123 e. The summed E-state index contributed by atoms with van der Waals surface area (Å²) in [7, 11) is 0. The molecule has 0 aromatic heterocycles. The standard InChI is InChI=1S/C16H17ClFNS/c1-11-6-7-13(18)8-12(11)9-14(19)10-20-16-5-3-2-4-15(16)17/h2-8,14H,9-10,19H2,1H3. The number of nitrogens with two attached hydrogens (primary N) is 1. The number of hydrogen-bond acceptors (Lipinski definition) is 2. The van der Waals surface area contributed by atoms with Crippen LogP contribution in [-0.2, 0) is 6.42 Å². The van der Waals surface area contributed by atoms with Crippen molar-refractivity contribution in [3.63, 3.8) is 0 Å². The summed E-state index contributed by atoms with van der Waals surface area (Å²) in [4.78, 5) is 1.03. The van der Waals surface area contributed by atoms with E-state index in [4.69, 9.17) is 17.3 Å². The zero-order valence-corrected chi connectivity index (χ0v) is 12.8. The van der Waals surface area contributed by atoms with Crippen LogP contribution in [0.3, 0.4) is 0 Å². The van der Waals surface area contributed by atoms with Gasteiger partial charge in [0, 0.05) is 16.7 Å². The van der Waals surface area contributed by atoms with Gasteiger partial charge in [0.2, 0.25) is 0 Å². The Kier molecular flexibility index (Phi) is 5.46. The molecule has 1 atom stereocenters. The highest BCUT2D eigenvalue weighted by atomic mass is 35.5. The molecule has 0 fully saturated rings. The van der Waals surface area contributed by atoms with Gasteiger partial charge in [0.05, 0.1) is 5.02 Å². The van der Waals surface area contributed by atoms with Crippen LogP contribution in [0.2, 0.25) is 5.02 Å². The second-order valence-corrected chi connectivity index (χ2v) is 6.25. The van der Waals surface area contributed by atoms with Gasteiger partial charge in [0.15, 0.2) is 0 Å². The topological polar surface area (TPSA) is 26.0 Å². The quantitative estimate of drug-likeness (QED) is 0.826. The van der Waals surface area contributed by atoms with Crippen LogP contribution in [0.4, 0.5) is 4.39 Å². The molecular weight excluding hydrogens is 293 g/mol. The molecule has 2 N–H and O–H groups in total. The summed E-state index contributed by atoms with van der Waals surface area (Å²) in [6.45, 7) is 1.97. The van der Waals surface area contributed by atoms with E-state index in [0.717, 1.165) is 26.8 Å². The summed E-state index contributed by atoms with van der Waals surface area (Å²) >= 11 is 7.74. The van der Waals surface area contributed by atoms with E-state index in [1.165, 1.54) is 6.07 Å². The molecule has 0 aliphatic rings. The summed E-state index contributed by atoms with van der Waals surface area (Å²) in [6, 6.07) is 12.5. The first-order valence-corrected chi connectivity index (χ1v) is 7.80. The number of aryl methyl sites for hydroxylation is 1. The molecule has 2 rings (SSSR count). The van der Waals surface area contributed by atoms with Gasteiger partial charge < -0.3 is 5.73 Å². The predicted octanol–water partition coefficient (Wildman–Crippen LogP) is 4.45. The lowest BCUT2D eigenvalue weighted by molar-refractivity contribution is 0.622. The van der Waals surface area contributed by atoms with Crippen molar-refractivity contribution < 1.29 is 4.39 Å². The average Bonchev–Trinajstić information content (AvgIpc) is 2.42. The van der Waals surface area contributed by atoms with Crippen LogP contribution in [0.15, 0.2) is 47.4 Å². The van der Waals surface area contributed by atoms with Crippen LogP contribution in [0.1, 0.15) is 11.1 Å². The van der Waals surface area contributed by atoms with Crippen molar-refractivity contribution in [3.8, 4) is 0 Å². The molecule has 0 aliphatic heterocycles. The third-order valence-corrected chi connectivity index (χ3v) is 4.79. The fraction of sp³-hybridized carbons (Fsp3) is 0.250. The van der Waals surface area contributed by atoms with Gasteiger partial charge in [0.25, 0.3) is 0 Å². The lowest BCUT2D eigenvalue weighted by atomic mass is 10.0. The highest BCUT2D eigenvalue weighted by Crippen LogP contribution is 2.27. The van der Waals surface area contributed by atoms with E-state index in [0.29, 0.717) is 6.42 Å². The van der Waals surface area contributed by atoms with Gasteiger partial charge >= 0.3 is 0 Å². The van der Waals surface area contributed by atoms with Crippen LogP contribution in [0.25, 0.3) is 0 Å². The monoisotopic (exact) mass is 309 g/mol. The minimum atomic E-state index is -0.212. The van der Waals surface area contributed by atoms with Crippen molar-refractivity contribution in [3.05, 3.63) is 64.4 Å². The third-order valence-electron chi connectivity index (χ3n) is 3.08. The van der Waals surface area contributed by atoms with Gasteiger partial charge in [-0.1, -0.05) is 29.8 Å². The fourth-order valence-corrected chi connectivity index (χ4v) is 3.15. The molecule has 2 aromatic carbocycles. The number of rotatable bonds is 5. The molecule has 4 heteroatoms. The van der Waals surface area contributed by atoms with Gasteiger partial charge in [0.1, 0.15) is 5.82 Å². The van der Waals surface area contributed by atoms with E-state index in [-0.39, 0.29) is 11.9 Å². The van der Waals surface area contributed by atoms with Crippen molar-refractivity contribution in [2.45, 2.75) is 24.3 Å². The number of thioether (sulfide) groups is 1. The van der Waals surface area contributed by atoms with Crippen molar-refractivity contribution >= 4 is 23.4 Å². The van der Waals surface area contributed by atoms with E-state index in [1.807, 2.05) is 31.2 Å². The molecule has 0 saturated carbocycles. The second-order valence-electron chi connectivity index (χ2n) is 4.78. The van der Waals surface area contributed by atoms with Crippen LogP contribution >= 0.6 is 23.4 Å². The largest absolute Gasteiger partial charge is 0.327 e. The van der Waals surface area contributed by atoms with Crippen LogP contribution in [0, 0.1) is 12.7 Å². The first kappa shape index (κ1) is 15.4.